The van der Waals surface area contributed by atoms with Crippen molar-refractivity contribution in [2.24, 2.45) is 4.99 Å². The monoisotopic (exact) mass is 379 g/mol. The summed E-state index contributed by atoms with van der Waals surface area (Å²) in [5.41, 5.74) is 5.23. The summed E-state index contributed by atoms with van der Waals surface area (Å²) in [6, 6.07) is 13.7. The summed E-state index contributed by atoms with van der Waals surface area (Å²) in [5.74, 6) is 0.672. The molecule has 7 nitrogen and oxygen atoms in total. The van der Waals surface area contributed by atoms with Gasteiger partial charge in [-0.25, -0.2) is 15.3 Å². The molecule has 1 saturated heterocycles. The molecule has 146 valence electrons. The normalized spacial score (nSPS) is 18.5. The highest BCUT2D eigenvalue weighted by molar-refractivity contribution is 5.97. The van der Waals surface area contributed by atoms with Crippen molar-refractivity contribution in [2.45, 2.75) is 31.9 Å². The first-order chi connectivity index (χ1) is 13.7. The number of anilines is 1. The number of pyridine rings is 1. The van der Waals surface area contributed by atoms with Gasteiger partial charge >= 0.3 is 0 Å². The Morgan fingerprint density at radius 2 is 2.00 bits per heavy atom. The van der Waals surface area contributed by atoms with E-state index in [1.54, 1.807) is 6.20 Å². The van der Waals surface area contributed by atoms with Crippen molar-refractivity contribution in [1.82, 2.24) is 15.4 Å². The van der Waals surface area contributed by atoms with Crippen molar-refractivity contribution >= 4 is 17.4 Å². The molecule has 1 spiro atoms. The Bertz CT molecular complexity index is 843. The van der Waals surface area contributed by atoms with Gasteiger partial charge in [0.15, 0.2) is 11.6 Å². The van der Waals surface area contributed by atoms with Crippen molar-refractivity contribution in [1.29, 1.82) is 0 Å². The van der Waals surface area contributed by atoms with E-state index >= 15 is 0 Å². The van der Waals surface area contributed by atoms with Gasteiger partial charge in [-0.15, -0.1) is 0 Å². The van der Waals surface area contributed by atoms with E-state index < -0.39 is 5.72 Å². The molecule has 1 amide bonds. The van der Waals surface area contributed by atoms with Crippen LogP contribution in [0.25, 0.3) is 0 Å². The zero-order valence-corrected chi connectivity index (χ0v) is 16.0. The number of carbonyl (C=O) groups excluding carboxylic acids is 1. The van der Waals surface area contributed by atoms with Gasteiger partial charge in [-0.05, 0) is 36.2 Å². The molecule has 7 heteroatoms. The summed E-state index contributed by atoms with van der Waals surface area (Å²) < 4.78 is 0. The first-order valence-electron chi connectivity index (χ1n) is 9.72. The molecule has 1 fully saturated rings. The molecule has 0 bridgehead atoms. The number of hydrogen-bond acceptors (Lipinski definition) is 6. The third-order valence-corrected chi connectivity index (χ3v) is 5.21. The predicted octanol–water partition coefficient (Wildman–Crippen LogP) is 2.36. The number of amides is 1. The van der Waals surface area contributed by atoms with E-state index in [4.69, 9.17) is 9.83 Å². The smallest absolute Gasteiger partial charge is 0.238 e. The lowest BCUT2D eigenvalue weighted by Gasteiger charge is -2.35. The highest BCUT2D eigenvalue weighted by Crippen LogP contribution is 2.30. The lowest BCUT2D eigenvalue weighted by molar-refractivity contribution is -0.120. The van der Waals surface area contributed by atoms with Gasteiger partial charge in [0.2, 0.25) is 5.91 Å². The van der Waals surface area contributed by atoms with Crippen LogP contribution in [0.2, 0.25) is 0 Å². The molecular weight excluding hydrogens is 354 g/mol. The molecule has 0 atom stereocenters. The highest BCUT2D eigenvalue weighted by atomic mass is 16.7. The topological polar surface area (TPSA) is 78.9 Å². The van der Waals surface area contributed by atoms with Gasteiger partial charge in [0.25, 0.3) is 0 Å². The third-order valence-electron chi connectivity index (χ3n) is 5.21. The number of aromatic nitrogens is 1. The minimum absolute atomic E-state index is 0.00309. The zero-order chi connectivity index (χ0) is 19.4. The lowest BCUT2D eigenvalue weighted by Crippen LogP contribution is -2.46. The molecule has 1 aromatic heterocycles. The first kappa shape index (κ1) is 18.6. The molecule has 2 aliphatic rings. The predicted molar refractivity (Wildman–Crippen MR) is 108 cm³/mol. The van der Waals surface area contributed by atoms with Crippen LogP contribution < -0.4 is 10.8 Å². The second-order valence-corrected chi connectivity index (χ2v) is 7.20. The lowest BCUT2D eigenvalue weighted by atomic mass is 10.0. The Morgan fingerprint density at radius 3 is 2.68 bits per heavy atom. The van der Waals surface area contributed by atoms with Crippen molar-refractivity contribution in [2.75, 3.05) is 25.0 Å². The fraction of sp³-hybridized carbons (Fsp3) is 0.381. The molecule has 0 aliphatic carbocycles. The number of benzene rings is 1. The number of carbonyl (C=O) groups is 1. The van der Waals surface area contributed by atoms with Crippen molar-refractivity contribution in [3.63, 3.8) is 0 Å². The number of aliphatic imine (C=N–C) groups is 1. The average molecular weight is 379 g/mol. The maximum absolute atomic E-state index is 12.4. The summed E-state index contributed by atoms with van der Waals surface area (Å²) in [7, 11) is 0. The van der Waals surface area contributed by atoms with Crippen LogP contribution in [0.3, 0.4) is 0 Å². The van der Waals surface area contributed by atoms with E-state index in [1.165, 1.54) is 5.56 Å². The number of aryl methyl sites for hydroxylation is 1. The molecular formula is C21H25N5O2. The van der Waals surface area contributed by atoms with Gasteiger partial charge in [0.1, 0.15) is 5.69 Å². The van der Waals surface area contributed by atoms with Gasteiger partial charge in [-0.1, -0.05) is 25.1 Å². The molecule has 4 rings (SSSR count). The molecule has 3 heterocycles. The van der Waals surface area contributed by atoms with E-state index in [0.717, 1.165) is 43.7 Å². The highest BCUT2D eigenvalue weighted by Gasteiger charge is 2.40. The summed E-state index contributed by atoms with van der Waals surface area (Å²) in [6.07, 6.45) is 4.19. The standard InChI is InChI=1S/C21H25N5O2/c1-2-16-6-8-17(9-7-16)23-19(27)15-26-13-10-21(11-14-26)24-20(25-28-21)18-5-3-4-12-22-18/h3-9,12H,2,10-11,13-15H2,1H3,(H,23,27)(H,24,25). The summed E-state index contributed by atoms with van der Waals surface area (Å²) in [6.45, 7) is 3.99. The van der Waals surface area contributed by atoms with E-state index in [-0.39, 0.29) is 5.91 Å². The Kier molecular flexibility index (Phi) is 5.36. The Labute approximate surface area is 164 Å². The molecule has 0 radical (unpaired) electrons. The molecule has 1 aromatic carbocycles. The van der Waals surface area contributed by atoms with Crippen LogP contribution in [0.5, 0.6) is 0 Å². The molecule has 28 heavy (non-hydrogen) atoms. The molecule has 2 N–H and O–H groups in total. The number of nitrogens with one attached hydrogen (secondary N) is 2. The molecule has 0 saturated carbocycles. The second kappa shape index (κ2) is 8.08. The van der Waals surface area contributed by atoms with Gasteiger partial charge < -0.3 is 5.32 Å². The average Bonchev–Trinajstić information content (AvgIpc) is 3.15. The number of likely N-dealkylation sites (tertiary alicyclic amines) is 1. The largest absolute Gasteiger partial charge is 0.325 e. The van der Waals surface area contributed by atoms with Gasteiger partial charge in [-0.2, -0.15) is 0 Å². The van der Waals surface area contributed by atoms with Crippen LogP contribution in [0.4, 0.5) is 5.69 Å². The molecule has 2 aromatic rings. The van der Waals surface area contributed by atoms with Gasteiger partial charge in [0.05, 0.1) is 6.54 Å². The van der Waals surface area contributed by atoms with Crippen LogP contribution in [-0.4, -0.2) is 47.0 Å². The van der Waals surface area contributed by atoms with E-state index in [0.29, 0.717) is 12.4 Å². The van der Waals surface area contributed by atoms with Crippen LogP contribution in [0, 0.1) is 0 Å². The minimum Gasteiger partial charge on any atom is -0.325 e. The summed E-state index contributed by atoms with van der Waals surface area (Å²) in [5, 5.41) is 2.97. The van der Waals surface area contributed by atoms with Crippen molar-refractivity contribution in [3.8, 4) is 0 Å². The zero-order valence-electron chi connectivity index (χ0n) is 16.0. The Hall–Kier alpha value is -2.77. The van der Waals surface area contributed by atoms with Gasteiger partial charge in [0, 0.05) is 37.8 Å². The minimum atomic E-state index is -0.560. The summed E-state index contributed by atoms with van der Waals surface area (Å²) >= 11 is 0. The van der Waals surface area contributed by atoms with E-state index in [2.05, 4.69) is 27.6 Å². The Balaban J connectivity index is 1.29. The fourth-order valence-corrected chi connectivity index (χ4v) is 3.51. The quantitative estimate of drug-likeness (QED) is 0.834. The van der Waals surface area contributed by atoms with Crippen molar-refractivity contribution in [3.05, 3.63) is 59.9 Å². The summed E-state index contributed by atoms with van der Waals surface area (Å²) in [4.78, 5) is 29.3. The number of hydroxylamine groups is 1. The first-order valence-corrected chi connectivity index (χ1v) is 9.72. The van der Waals surface area contributed by atoms with Crippen LogP contribution >= 0.6 is 0 Å². The third kappa shape index (κ3) is 4.21. The van der Waals surface area contributed by atoms with Crippen molar-refractivity contribution < 1.29 is 9.63 Å². The number of hydrogen-bond donors (Lipinski definition) is 2. The fourth-order valence-electron chi connectivity index (χ4n) is 3.51. The van der Waals surface area contributed by atoms with E-state index in [9.17, 15) is 4.79 Å². The van der Waals surface area contributed by atoms with Crippen LogP contribution in [0.15, 0.2) is 53.7 Å². The molecule has 2 aliphatic heterocycles. The maximum Gasteiger partial charge on any atom is 0.238 e. The van der Waals surface area contributed by atoms with Crippen LogP contribution in [-0.2, 0) is 16.1 Å². The SMILES string of the molecule is CCc1ccc(NC(=O)CN2CCC3(CC2)N=C(c2ccccn2)NO3)cc1. The number of piperidine rings is 1. The Morgan fingerprint density at radius 1 is 1.21 bits per heavy atom. The number of rotatable bonds is 5. The van der Waals surface area contributed by atoms with E-state index in [1.807, 2.05) is 42.5 Å². The maximum atomic E-state index is 12.4. The molecule has 0 unspecified atom stereocenters. The second-order valence-electron chi connectivity index (χ2n) is 7.20. The number of nitrogens with zero attached hydrogens (tertiary/aromatic N) is 3. The van der Waals surface area contributed by atoms with Crippen LogP contribution in [0.1, 0.15) is 31.0 Å². The number of amidine groups is 1. The van der Waals surface area contributed by atoms with Gasteiger partial charge in [-0.3, -0.25) is 14.7 Å².